The van der Waals surface area contributed by atoms with Crippen molar-refractivity contribution in [1.29, 1.82) is 0 Å². The quantitative estimate of drug-likeness (QED) is 0.702. The number of halogens is 2. The van der Waals surface area contributed by atoms with Gasteiger partial charge in [-0.1, -0.05) is 18.2 Å². The minimum atomic E-state index is -1.000. The van der Waals surface area contributed by atoms with E-state index in [4.69, 9.17) is 0 Å². The van der Waals surface area contributed by atoms with Crippen molar-refractivity contribution in [3.05, 3.63) is 65.9 Å². The van der Waals surface area contributed by atoms with E-state index in [9.17, 15) is 18.4 Å². The molecule has 2 aromatic carbocycles. The van der Waals surface area contributed by atoms with Gasteiger partial charge < -0.3 is 15.2 Å². The fraction of sp³-hybridized carbons (Fsp3) is 0.273. The third-order valence-corrected chi connectivity index (χ3v) is 5.42. The Balaban J connectivity index is 1.32. The first-order valence-corrected chi connectivity index (χ1v) is 9.60. The first-order valence-electron chi connectivity index (χ1n) is 9.60. The summed E-state index contributed by atoms with van der Waals surface area (Å²) >= 11 is 0. The average Bonchev–Trinajstić information content (AvgIpc) is 3.14. The molecule has 7 heteroatoms. The smallest absolute Gasteiger partial charge is 0.227 e. The fourth-order valence-electron chi connectivity index (χ4n) is 3.76. The third-order valence-electron chi connectivity index (χ3n) is 5.42. The molecule has 2 amide bonds. The summed E-state index contributed by atoms with van der Waals surface area (Å²) in [5.41, 5.74) is 2.19. The minimum absolute atomic E-state index is 0.0363. The van der Waals surface area contributed by atoms with Gasteiger partial charge >= 0.3 is 0 Å². The lowest BCUT2D eigenvalue weighted by molar-refractivity contribution is -0.133. The number of carbonyl (C=O) groups is 2. The Morgan fingerprint density at radius 2 is 1.83 bits per heavy atom. The Labute approximate surface area is 166 Å². The van der Waals surface area contributed by atoms with Crippen molar-refractivity contribution in [2.75, 3.05) is 18.4 Å². The molecule has 29 heavy (non-hydrogen) atoms. The summed E-state index contributed by atoms with van der Waals surface area (Å²) in [5, 5.41) is 3.67. The van der Waals surface area contributed by atoms with Crippen LogP contribution in [0.3, 0.4) is 0 Å². The predicted octanol–water partition coefficient (Wildman–Crippen LogP) is 3.87. The lowest BCUT2D eigenvalue weighted by atomic mass is 9.95. The summed E-state index contributed by atoms with van der Waals surface area (Å²) in [4.78, 5) is 30.0. The molecular formula is C22H21F2N3O2. The number of nitrogens with one attached hydrogen (secondary N) is 2. The molecule has 1 fully saturated rings. The number of fused-ring (bicyclic) bond motifs is 1. The largest absolute Gasteiger partial charge is 0.361 e. The summed E-state index contributed by atoms with van der Waals surface area (Å²) in [5.74, 6) is -2.42. The van der Waals surface area contributed by atoms with Gasteiger partial charge in [-0.25, -0.2) is 8.78 Å². The summed E-state index contributed by atoms with van der Waals surface area (Å²) < 4.78 is 26.3. The van der Waals surface area contributed by atoms with E-state index >= 15 is 0 Å². The molecule has 1 aliphatic rings. The van der Waals surface area contributed by atoms with E-state index in [1.54, 1.807) is 4.90 Å². The lowest BCUT2D eigenvalue weighted by Gasteiger charge is -2.31. The molecule has 5 nitrogen and oxygen atoms in total. The van der Waals surface area contributed by atoms with Gasteiger partial charge in [0.2, 0.25) is 11.8 Å². The van der Waals surface area contributed by atoms with Crippen molar-refractivity contribution in [2.45, 2.75) is 19.3 Å². The van der Waals surface area contributed by atoms with Crippen molar-refractivity contribution in [3.8, 4) is 0 Å². The minimum Gasteiger partial charge on any atom is -0.361 e. The highest BCUT2D eigenvalue weighted by atomic mass is 19.2. The van der Waals surface area contributed by atoms with E-state index in [-0.39, 0.29) is 23.4 Å². The van der Waals surface area contributed by atoms with Gasteiger partial charge in [0.05, 0.1) is 6.42 Å². The Morgan fingerprint density at radius 3 is 2.59 bits per heavy atom. The first kappa shape index (κ1) is 19.1. The molecule has 150 valence electrons. The van der Waals surface area contributed by atoms with Crippen molar-refractivity contribution in [1.82, 2.24) is 9.88 Å². The number of aromatic nitrogens is 1. The maximum atomic E-state index is 13.3. The molecule has 3 aromatic rings. The highest BCUT2D eigenvalue weighted by Gasteiger charge is 2.27. The van der Waals surface area contributed by atoms with Crippen molar-refractivity contribution < 1.29 is 18.4 Å². The van der Waals surface area contributed by atoms with Gasteiger partial charge in [0, 0.05) is 47.9 Å². The summed E-state index contributed by atoms with van der Waals surface area (Å²) in [6.45, 7) is 0.994. The summed E-state index contributed by atoms with van der Waals surface area (Å²) in [6.07, 6.45) is 3.25. The van der Waals surface area contributed by atoms with Crippen LogP contribution < -0.4 is 5.32 Å². The van der Waals surface area contributed by atoms with E-state index < -0.39 is 11.6 Å². The zero-order valence-corrected chi connectivity index (χ0v) is 15.8. The molecule has 1 saturated heterocycles. The van der Waals surface area contributed by atoms with E-state index in [2.05, 4.69) is 10.3 Å². The van der Waals surface area contributed by atoms with Crippen LogP contribution in [-0.4, -0.2) is 34.8 Å². The van der Waals surface area contributed by atoms with Crippen molar-refractivity contribution in [3.63, 3.8) is 0 Å². The summed E-state index contributed by atoms with van der Waals surface area (Å²) in [6, 6.07) is 11.1. The molecule has 0 spiro atoms. The van der Waals surface area contributed by atoms with Gasteiger partial charge in [-0.2, -0.15) is 0 Å². The number of nitrogens with zero attached hydrogens (tertiary/aromatic N) is 1. The molecule has 0 bridgehead atoms. The first-order chi connectivity index (χ1) is 14.0. The number of anilines is 1. The molecule has 0 saturated carbocycles. The molecule has 0 unspecified atom stereocenters. The van der Waals surface area contributed by atoms with E-state index in [1.165, 1.54) is 6.07 Å². The van der Waals surface area contributed by atoms with Crippen LogP contribution in [0.25, 0.3) is 10.9 Å². The molecular weight excluding hydrogens is 376 g/mol. The molecule has 1 aromatic heterocycles. The number of carbonyl (C=O) groups excluding carboxylic acids is 2. The SMILES string of the molecule is O=C(Nc1ccc(F)c(F)c1)C1CCN(C(=O)Cc2c[nH]c3ccccc23)CC1. The highest BCUT2D eigenvalue weighted by molar-refractivity contribution is 5.93. The van der Waals surface area contributed by atoms with Crippen molar-refractivity contribution >= 4 is 28.4 Å². The van der Waals surface area contributed by atoms with Crippen LogP contribution in [0.1, 0.15) is 18.4 Å². The Kier molecular flexibility index (Phi) is 5.29. The molecule has 4 rings (SSSR count). The second kappa shape index (κ2) is 8.03. The fourth-order valence-corrected chi connectivity index (χ4v) is 3.76. The summed E-state index contributed by atoms with van der Waals surface area (Å²) in [7, 11) is 0. The van der Waals surface area contributed by atoms with Crippen LogP contribution in [0.5, 0.6) is 0 Å². The normalized spacial score (nSPS) is 14.9. The maximum Gasteiger partial charge on any atom is 0.227 e. The zero-order valence-electron chi connectivity index (χ0n) is 15.8. The van der Waals surface area contributed by atoms with Crippen LogP contribution in [-0.2, 0) is 16.0 Å². The third kappa shape index (κ3) is 4.13. The van der Waals surface area contributed by atoms with E-state index in [0.29, 0.717) is 32.4 Å². The molecule has 0 radical (unpaired) electrons. The van der Waals surface area contributed by atoms with Gasteiger partial charge in [-0.3, -0.25) is 9.59 Å². The molecule has 2 heterocycles. The molecule has 0 aliphatic carbocycles. The number of rotatable bonds is 4. The topological polar surface area (TPSA) is 65.2 Å². The Bertz CT molecular complexity index is 1060. The van der Waals surface area contributed by atoms with Gasteiger partial charge in [0.1, 0.15) is 0 Å². The highest BCUT2D eigenvalue weighted by Crippen LogP contribution is 2.23. The van der Waals surface area contributed by atoms with Gasteiger partial charge in [-0.05, 0) is 36.6 Å². The second-order valence-corrected chi connectivity index (χ2v) is 7.31. The average molecular weight is 397 g/mol. The number of hydrogen-bond donors (Lipinski definition) is 2. The van der Waals surface area contributed by atoms with Gasteiger partial charge in [-0.15, -0.1) is 0 Å². The van der Waals surface area contributed by atoms with E-state index in [0.717, 1.165) is 28.6 Å². The zero-order chi connectivity index (χ0) is 20.4. The number of aromatic amines is 1. The van der Waals surface area contributed by atoms with Crippen LogP contribution in [0.15, 0.2) is 48.7 Å². The number of amides is 2. The van der Waals surface area contributed by atoms with Gasteiger partial charge in [0.25, 0.3) is 0 Å². The number of piperidine rings is 1. The van der Waals surface area contributed by atoms with Crippen molar-refractivity contribution in [2.24, 2.45) is 5.92 Å². The Hall–Kier alpha value is -3.22. The van der Waals surface area contributed by atoms with Crippen LogP contribution >= 0.6 is 0 Å². The lowest BCUT2D eigenvalue weighted by Crippen LogP contribution is -2.42. The maximum absolute atomic E-state index is 13.3. The van der Waals surface area contributed by atoms with Crippen LogP contribution in [0, 0.1) is 17.6 Å². The standard InChI is InChI=1S/C22H21F2N3O2/c23-18-6-5-16(12-19(18)24)26-22(29)14-7-9-27(10-8-14)21(28)11-15-13-25-20-4-2-1-3-17(15)20/h1-6,12-14,25H,7-11H2,(H,26,29). The number of H-pyrrole nitrogens is 1. The van der Waals surface area contributed by atoms with Gasteiger partial charge in [0.15, 0.2) is 11.6 Å². The molecule has 1 aliphatic heterocycles. The van der Waals surface area contributed by atoms with Crippen LogP contribution in [0.2, 0.25) is 0 Å². The number of para-hydroxylation sites is 1. The number of benzene rings is 2. The Morgan fingerprint density at radius 1 is 1.07 bits per heavy atom. The second-order valence-electron chi connectivity index (χ2n) is 7.31. The molecule has 0 atom stereocenters. The van der Waals surface area contributed by atoms with E-state index in [1.807, 2.05) is 30.5 Å². The number of hydrogen-bond acceptors (Lipinski definition) is 2. The van der Waals surface area contributed by atoms with Crippen LogP contribution in [0.4, 0.5) is 14.5 Å². The predicted molar refractivity (Wildman–Crippen MR) is 106 cm³/mol. The molecule has 2 N–H and O–H groups in total. The monoisotopic (exact) mass is 397 g/mol. The number of likely N-dealkylation sites (tertiary alicyclic amines) is 1.